The number of nitrogens with zero attached hydrogens (tertiary/aromatic N) is 3. The Balaban J connectivity index is 0.000000980. The number of hydrogen-bond acceptors (Lipinski definition) is 4. The van der Waals surface area contributed by atoms with Gasteiger partial charge in [0.1, 0.15) is 23.3 Å². The molecule has 0 spiro atoms. The molecule has 5 nitrogen and oxygen atoms in total. The number of aliphatic hydroxyl groups is 1. The fourth-order valence-electron chi connectivity index (χ4n) is 1.05. The molecule has 0 fully saturated rings. The SMILES string of the molecule is CC(C)(O)c1nc2ncncc2[nH]1.Cl. The zero-order chi connectivity index (χ0) is 9.47. The lowest BCUT2D eigenvalue weighted by Crippen LogP contribution is -2.17. The van der Waals surface area contributed by atoms with E-state index in [4.69, 9.17) is 0 Å². The maximum atomic E-state index is 9.65. The van der Waals surface area contributed by atoms with Gasteiger partial charge in [-0.05, 0) is 13.8 Å². The van der Waals surface area contributed by atoms with Gasteiger partial charge in [0.2, 0.25) is 0 Å². The van der Waals surface area contributed by atoms with Gasteiger partial charge >= 0.3 is 0 Å². The summed E-state index contributed by atoms with van der Waals surface area (Å²) in [5, 5.41) is 9.65. The second-order valence-electron chi connectivity index (χ2n) is 3.40. The second-order valence-corrected chi connectivity index (χ2v) is 3.40. The van der Waals surface area contributed by atoms with Gasteiger partial charge in [0, 0.05) is 0 Å². The summed E-state index contributed by atoms with van der Waals surface area (Å²) in [4.78, 5) is 14.9. The monoisotopic (exact) mass is 214 g/mol. The molecule has 2 rings (SSSR count). The summed E-state index contributed by atoms with van der Waals surface area (Å²) in [6, 6.07) is 0. The molecule has 0 atom stereocenters. The maximum absolute atomic E-state index is 9.65. The third kappa shape index (κ3) is 1.83. The first-order chi connectivity index (χ1) is 6.07. The first-order valence-corrected chi connectivity index (χ1v) is 3.96. The zero-order valence-corrected chi connectivity index (χ0v) is 8.67. The molecule has 2 heterocycles. The number of H-pyrrole nitrogens is 1. The molecule has 0 bridgehead atoms. The molecule has 2 aromatic heterocycles. The molecule has 0 unspecified atom stereocenters. The zero-order valence-electron chi connectivity index (χ0n) is 7.85. The van der Waals surface area contributed by atoms with Crippen molar-refractivity contribution in [1.82, 2.24) is 19.9 Å². The largest absolute Gasteiger partial charge is 0.383 e. The average molecular weight is 215 g/mol. The van der Waals surface area contributed by atoms with E-state index >= 15 is 0 Å². The van der Waals surface area contributed by atoms with E-state index < -0.39 is 5.60 Å². The van der Waals surface area contributed by atoms with Crippen molar-refractivity contribution in [2.24, 2.45) is 0 Å². The van der Waals surface area contributed by atoms with E-state index in [1.165, 1.54) is 6.33 Å². The minimum atomic E-state index is -0.972. The summed E-state index contributed by atoms with van der Waals surface area (Å²) in [6.07, 6.45) is 3.06. The molecular formula is C8H11ClN4O. The third-order valence-corrected chi connectivity index (χ3v) is 1.74. The van der Waals surface area contributed by atoms with Crippen LogP contribution in [0.25, 0.3) is 11.2 Å². The molecule has 0 aliphatic rings. The van der Waals surface area contributed by atoms with Crippen molar-refractivity contribution in [3.8, 4) is 0 Å². The molecule has 76 valence electrons. The predicted molar refractivity (Wildman–Crippen MR) is 54.2 cm³/mol. The van der Waals surface area contributed by atoms with Crippen molar-refractivity contribution < 1.29 is 5.11 Å². The minimum Gasteiger partial charge on any atom is -0.383 e. The van der Waals surface area contributed by atoms with E-state index in [0.717, 1.165) is 5.52 Å². The van der Waals surface area contributed by atoms with Gasteiger partial charge in [0.25, 0.3) is 0 Å². The van der Waals surface area contributed by atoms with Crippen LogP contribution in [-0.4, -0.2) is 25.0 Å². The number of aromatic amines is 1. The third-order valence-electron chi connectivity index (χ3n) is 1.74. The smallest absolute Gasteiger partial charge is 0.180 e. The highest BCUT2D eigenvalue weighted by Crippen LogP contribution is 2.18. The van der Waals surface area contributed by atoms with Crippen molar-refractivity contribution in [1.29, 1.82) is 0 Å². The Labute approximate surface area is 87.0 Å². The van der Waals surface area contributed by atoms with E-state index in [9.17, 15) is 5.11 Å². The van der Waals surface area contributed by atoms with Crippen molar-refractivity contribution in [3.05, 3.63) is 18.3 Å². The van der Waals surface area contributed by atoms with Crippen LogP contribution in [0.3, 0.4) is 0 Å². The van der Waals surface area contributed by atoms with Gasteiger partial charge < -0.3 is 10.1 Å². The van der Waals surface area contributed by atoms with Crippen LogP contribution >= 0.6 is 12.4 Å². The number of rotatable bonds is 1. The van der Waals surface area contributed by atoms with Gasteiger partial charge in [0.05, 0.1) is 6.20 Å². The van der Waals surface area contributed by atoms with Gasteiger partial charge in [-0.1, -0.05) is 0 Å². The Morgan fingerprint density at radius 2 is 2.14 bits per heavy atom. The molecule has 6 heteroatoms. The van der Waals surface area contributed by atoms with Crippen LogP contribution in [0.15, 0.2) is 12.5 Å². The predicted octanol–water partition coefficient (Wildman–Crippen LogP) is 1.00. The lowest BCUT2D eigenvalue weighted by atomic mass is 10.1. The van der Waals surface area contributed by atoms with Crippen LogP contribution < -0.4 is 0 Å². The van der Waals surface area contributed by atoms with Crippen LogP contribution in [0.2, 0.25) is 0 Å². The summed E-state index contributed by atoms with van der Waals surface area (Å²) in [5.74, 6) is 0.503. The molecule has 0 saturated heterocycles. The van der Waals surface area contributed by atoms with Gasteiger partial charge in [-0.25, -0.2) is 15.0 Å². The molecule has 2 N–H and O–H groups in total. The van der Waals surface area contributed by atoms with Crippen LogP contribution in [0.1, 0.15) is 19.7 Å². The molecule has 0 radical (unpaired) electrons. The Bertz CT molecular complexity index is 401. The number of hydrogen-bond donors (Lipinski definition) is 2. The van der Waals surface area contributed by atoms with E-state index in [-0.39, 0.29) is 12.4 Å². The number of imidazole rings is 1. The summed E-state index contributed by atoms with van der Waals surface area (Å²) in [5.41, 5.74) is 0.340. The van der Waals surface area contributed by atoms with Gasteiger partial charge in [0.15, 0.2) is 5.65 Å². The number of halogens is 1. The molecule has 0 aromatic carbocycles. The Morgan fingerprint density at radius 1 is 1.43 bits per heavy atom. The van der Waals surface area contributed by atoms with Crippen LogP contribution in [0, 0.1) is 0 Å². The topological polar surface area (TPSA) is 74.7 Å². The Kier molecular flexibility index (Phi) is 2.73. The number of aromatic nitrogens is 4. The highest BCUT2D eigenvalue weighted by atomic mass is 35.5. The normalized spacial score (nSPS) is 11.4. The summed E-state index contributed by atoms with van der Waals surface area (Å²) in [7, 11) is 0. The van der Waals surface area contributed by atoms with E-state index in [1.807, 2.05) is 0 Å². The first-order valence-electron chi connectivity index (χ1n) is 3.96. The summed E-state index contributed by atoms with van der Waals surface area (Å²) < 4.78 is 0. The standard InChI is InChI=1S/C8H10N4O.ClH/c1-8(2,13)7-11-5-3-9-4-10-6(5)12-7;/h3-4,13H,1-2H3,(H,9,10,11,12);1H. The van der Waals surface area contributed by atoms with Crippen molar-refractivity contribution in [3.63, 3.8) is 0 Å². The highest BCUT2D eigenvalue weighted by molar-refractivity contribution is 5.85. The summed E-state index contributed by atoms with van der Waals surface area (Å²) in [6.45, 7) is 3.33. The highest BCUT2D eigenvalue weighted by Gasteiger charge is 2.20. The Morgan fingerprint density at radius 3 is 2.71 bits per heavy atom. The molecule has 0 aliphatic carbocycles. The van der Waals surface area contributed by atoms with Gasteiger partial charge in [-0.2, -0.15) is 0 Å². The molecule has 2 aromatic rings. The summed E-state index contributed by atoms with van der Waals surface area (Å²) >= 11 is 0. The quantitative estimate of drug-likeness (QED) is 0.743. The van der Waals surface area contributed by atoms with E-state index in [2.05, 4.69) is 19.9 Å². The number of fused-ring (bicyclic) bond motifs is 1. The molecule has 0 amide bonds. The lowest BCUT2D eigenvalue weighted by Gasteiger charge is -2.12. The van der Waals surface area contributed by atoms with Gasteiger partial charge in [-0.15, -0.1) is 12.4 Å². The number of nitrogens with one attached hydrogen (secondary N) is 1. The van der Waals surface area contributed by atoms with Crippen LogP contribution in [-0.2, 0) is 5.60 Å². The second kappa shape index (κ2) is 3.51. The average Bonchev–Trinajstić information content (AvgIpc) is 2.45. The lowest BCUT2D eigenvalue weighted by molar-refractivity contribution is 0.0700. The Hall–Kier alpha value is -1.20. The van der Waals surface area contributed by atoms with Crippen LogP contribution in [0.4, 0.5) is 0 Å². The van der Waals surface area contributed by atoms with Gasteiger partial charge in [-0.3, -0.25) is 0 Å². The van der Waals surface area contributed by atoms with E-state index in [0.29, 0.717) is 11.5 Å². The fourth-order valence-corrected chi connectivity index (χ4v) is 1.05. The van der Waals surface area contributed by atoms with Crippen molar-refractivity contribution >= 4 is 23.6 Å². The first kappa shape index (κ1) is 10.9. The minimum absolute atomic E-state index is 0. The fraction of sp³-hybridized carbons (Fsp3) is 0.375. The molecule has 0 aliphatic heterocycles. The molecular weight excluding hydrogens is 204 g/mol. The van der Waals surface area contributed by atoms with E-state index in [1.54, 1.807) is 20.0 Å². The molecule has 0 saturated carbocycles. The van der Waals surface area contributed by atoms with Crippen LogP contribution in [0.5, 0.6) is 0 Å². The maximum Gasteiger partial charge on any atom is 0.180 e. The van der Waals surface area contributed by atoms with Crippen molar-refractivity contribution in [2.45, 2.75) is 19.4 Å². The molecule has 14 heavy (non-hydrogen) atoms. The van der Waals surface area contributed by atoms with Crippen molar-refractivity contribution in [2.75, 3.05) is 0 Å².